The molecule has 0 radical (unpaired) electrons. The Kier molecular flexibility index (Phi) is 4.64. The van der Waals surface area contributed by atoms with Gasteiger partial charge in [0.1, 0.15) is 23.3 Å². The normalized spacial score (nSPS) is 29.5. The van der Waals surface area contributed by atoms with Crippen molar-refractivity contribution in [3.63, 3.8) is 0 Å². The van der Waals surface area contributed by atoms with E-state index in [0.717, 1.165) is 5.39 Å². The maximum atomic E-state index is 8.30. The second kappa shape index (κ2) is 6.49. The molecule has 2 aliphatic heterocycles. The molecule has 0 aromatic carbocycles. The molecule has 4 rings (SSSR count). The Morgan fingerprint density at radius 2 is 1.86 bits per heavy atom. The van der Waals surface area contributed by atoms with Crippen molar-refractivity contribution in [1.29, 1.82) is 5.41 Å². The minimum atomic E-state index is -2.08. The monoisotopic (exact) mass is 420 g/mol. The molecule has 8 nitrogen and oxygen atoms in total. The van der Waals surface area contributed by atoms with Crippen molar-refractivity contribution in [3.8, 4) is 0 Å². The highest BCUT2D eigenvalue weighted by Gasteiger charge is 2.58. The van der Waals surface area contributed by atoms with Crippen molar-refractivity contribution < 1.29 is 18.6 Å². The molecule has 0 unspecified atom stereocenters. The summed E-state index contributed by atoms with van der Waals surface area (Å²) in [5.74, 6) is -0.712. The van der Waals surface area contributed by atoms with Crippen LogP contribution in [0.15, 0.2) is 18.6 Å². The first-order chi connectivity index (χ1) is 13.3. The first-order valence-corrected chi connectivity index (χ1v) is 13.0. The number of hydrogen-bond acceptors (Lipinski definition) is 6. The van der Waals surface area contributed by atoms with E-state index < -0.39 is 26.6 Å². The van der Waals surface area contributed by atoms with E-state index in [-0.39, 0.29) is 17.2 Å². The van der Waals surface area contributed by atoms with E-state index >= 15 is 0 Å². The molecule has 2 fully saturated rings. The van der Waals surface area contributed by atoms with Crippen LogP contribution in [0.1, 0.15) is 40.8 Å². The summed E-state index contributed by atoms with van der Waals surface area (Å²) in [4.78, 5) is 4.53. The van der Waals surface area contributed by atoms with E-state index in [9.17, 15) is 0 Å². The summed E-state index contributed by atoms with van der Waals surface area (Å²) in [7, 11) is -0.266. The zero-order valence-electron chi connectivity index (χ0n) is 18.5. The molecule has 2 aromatic rings. The molecule has 0 spiro atoms. The number of rotatable bonds is 3. The first kappa shape index (κ1) is 20.7. The molecule has 0 amide bonds. The van der Waals surface area contributed by atoms with Gasteiger partial charge in [-0.05, 0) is 38.0 Å². The third kappa shape index (κ3) is 3.38. The zero-order valence-corrected chi connectivity index (χ0v) is 19.5. The lowest BCUT2D eigenvalue weighted by Crippen LogP contribution is -2.47. The fraction of sp³-hybridized carbons (Fsp3) is 0.700. The molecule has 9 heteroatoms. The predicted molar refractivity (Wildman–Crippen MR) is 111 cm³/mol. The molecule has 4 atom stereocenters. The van der Waals surface area contributed by atoms with E-state index in [1.54, 1.807) is 10.9 Å². The molecule has 2 saturated heterocycles. The molecule has 2 aromatic heterocycles. The third-order valence-electron chi connectivity index (χ3n) is 6.33. The lowest BCUT2D eigenvalue weighted by molar-refractivity contribution is -0.226. The third-order valence-corrected chi connectivity index (χ3v) is 10.8. The zero-order chi connectivity index (χ0) is 21.4. The molecule has 4 heterocycles. The average molecular weight is 421 g/mol. The number of fused-ring (bicyclic) bond motifs is 2. The maximum absolute atomic E-state index is 8.30. The number of nitrogens with zero attached hydrogens (tertiary/aromatic N) is 3. The van der Waals surface area contributed by atoms with Crippen LogP contribution >= 0.6 is 0 Å². The Labute approximate surface area is 172 Å². The largest absolute Gasteiger partial charge is 0.390 e. The quantitative estimate of drug-likeness (QED) is 0.771. The van der Waals surface area contributed by atoms with Crippen molar-refractivity contribution in [2.24, 2.45) is 7.05 Å². The Bertz CT molecular complexity index is 991. The van der Waals surface area contributed by atoms with E-state index in [4.69, 9.17) is 24.0 Å². The van der Waals surface area contributed by atoms with E-state index in [2.05, 4.69) is 38.8 Å². The second-order valence-electron chi connectivity index (χ2n) is 10.0. The highest BCUT2D eigenvalue weighted by Crippen LogP contribution is 2.47. The van der Waals surface area contributed by atoms with Gasteiger partial charge in [0.25, 0.3) is 0 Å². The highest BCUT2D eigenvalue weighted by molar-refractivity contribution is 6.74. The summed E-state index contributed by atoms with van der Waals surface area (Å²) in [6, 6.07) is 1.89. The molecule has 0 saturated carbocycles. The van der Waals surface area contributed by atoms with Gasteiger partial charge in [-0.2, -0.15) is 0 Å². The number of hydrogen-bond donors (Lipinski definition) is 1. The minimum Gasteiger partial charge on any atom is -0.390 e. The van der Waals surface area contributed by atoms with Crippen molar-refractivity contribution >= 4 is 19.4 Å². The van der Waals surface area contributed by atoms with Gasteiger partial charge < -0.3 is 27.8 Å². The maximum Gasteiger partial charge on any atom is 0.195 e. The summed E-state index contributed by atoms with van der Waals surface area (Å²) in [5.41, 5.74) is 1.10. The van der Waals surface area contributed by atoms with Gasteiger partial charge in [0.2, 0.25) is 0 Å². The molecule has 1 N–H and O–H groups in total. The Morgan fingerprint density at radius 3 is 2.52 bits per heavy atom. The van der Waals surface area contributed by atoms with Crippen LogP contribution in [0.5, 0.6) is 0 Å². The van der Waals surface area contributed by atoms with Gasteiger partial charge in [-0.1, -0.05) is 20.8 Å². The molecule has 0 bridgehead atoms. The van der Waals surface area contributed by atoms with Crippen LogP contribution in [0.3, 0.4) is 0 Å². The second-order valence-corrected chi connectivity index (χ2v) is 14.8. The standard InChI is InChI=1S/C20H32N4O4Si/c1-19(2,3)29(7,8)28-18-14-13(26-20(4,5)27-14)17(25-18)24-10-9-12-15(21)23(6)11-22-16(12)24/h9-11,13-14,17-18,21H,1-8H3/t13-,14+,17-,18-/m1/s1. The summed E-state index contributed by atoms with van der Waals surface area (Å²) < 4.78 is 29.0. The van der Waals surface area contributed by atoms with Gasteiger partial charge in [0, 0.05) is 13.2 Å². The van der Waals surface area contributed by atoms with Crippen molar-refractivity contribution in [3.05, 3.63) is 24.1 Å². The molecule has 160 valence electrons. The highest BCUT2D eigenvalue weighted by atomic mass is 28.4. The van der Waals surface area contributed by atoms with Gasteiger partial charge in [-0.15, -0.1) is 0 Å². The first-order valence-electron chi connectivity index (χ1n) is 10.1. The van der Waals surface area contributed by atoms with Gasteiger partial charge in [-0.25, -0.2) is 4.98 Å². The van der Waals surface area contributed by atoms with Gasteiger partial charge in [-0.3, -0.25) is 5.41 Å². The van der Waals surface area contributed by atoms with Crippen LogP contribution in [-0.2, 0) is 25.7 Å². The molecular weight excluding hydrogens is 388 g/mol. The Balaban J connectivity index is 1.72. The van der Waals surface area contributed by atoms with E-state index in [0.29, 0.717) is 11.1 Å². The minimum absolute atomic E-state index is 0.0511. The smallest absolute Gasteiger partial charge is 0.195 e. The molecule has 2 aliphatic rings. The molecule has 0 aliphatic carbocycles. The van der Waals surface area contributed by atoms with Crippen molar-refractivity contribution in [2.45, 2.75) is 83.3 Å². The lowest BCUT2D eigenvalue weighted by Gasteiger charge is -2.39. The van der Waals surface area contributed by atoms with Crippen LogP contribution in [0.4, 0.5) is 0 Å². The van der Waals surface area contributed by atoms with E-state index in [1.165, 1.54) is 0 Å². The Morgan fingerprint density at radius 1 is 1.21 bits per heavy atom. The number of aromatic nitrogens is 3. The number of nitrogens with one attached hydrogen (secondary N) is 1. The van der Waals surface area contributed by atoms with E-state index in [1.807, 2.05) is 37.7 Å². The van der Waals surface area contributed by atoms with Crippen LogP contribution in [0.2, 0.25) is 18.1 Å². The van der Waals surface area contributed by atoms with Crippen LogP contribution in [-0.4, -0.2) is 46.7 Å². The molecular formula is C20H32N4O4Si. The summed E-state index contributed by atoms with van der Waals surface area (Å²) in [6.45, 7) is 14.9. The Hall–Kier alpha value is -1.52. The lowest BCUT2D eigenvalue weighted by atomic mass is 10.2. The fourth-order valence-electron chi connectivity index (χ4n) is 3.68. The summed E-state index contributed by atoms with van der Waals surface area (Å²) in [6.07, 6.45) is 1.96. The van der Waals surface area contributed by atoms with Crippen LogP contribution in [0.25, 0.3) is 11.0 Å². The van der Waals surface area contributed by atoms with Crippen molar-refractivity contribution in [2.75, 3.05) is 0 Å². The van der Waals surface area contributed by atoms with Crippen molar-refractivity contribution in [1.82, 2.24) is 14.1 Å². The summed E-state index contributed by atoms with van der Waals surface area (Å²) in [5, 5.41) is 9.12. The topological polar surface area (TPSA) is 83.5 Å². The van der Waals surface area contributed by atoms with Gasteiger partial charge in [0.05, 0.1) is 11.7 Å². The van der Waals surface area contributed by atoms with Gasteiger partial charge in [0.15, 0.2) is 26.6 Å². The van der Waals surface area contributed by atoms with Gasteiger partial charge >= 0.3 is 0 Å². The number of ether oxygens (including phenoxy) is 3. The predicted octanol–water partition coefficient (Wildman–Crippen LogP) is 3.25. The molecule has 29 heavy (non-hydrogen) atoms. The van der Waals surface area contributed by atoms with Crippen LogP contribution < -0.4 is 5.49 Å². The SMILES string of the molecule is Cn1cnc2c(ccn2[C@@H]2O[C@H](O[Si](C)(C)C(C)(C)C)[C@H]3OC(C)(C)O[C@H]32)c1=N. The van der Waals surface area contributed by atoms with Crippen LogP contribution in [0, 0.1) is 5.41 Å². The average Bonchev–Trinajstić information content (AvgIpc) is 3.22. The number of aryl methyl sites for hydroxylation is 1. The summed E-state index contributed by atoms with van der Waals surface area (Å²) >= 11 is 0. The fourth-order valence-corrected chi connectivity index (χ4v) is 4.80.